The van der Waals surface area contributed by atoms with Crippen LogP contribution in [0.15, 0.2) is 30.3 Å². The molecule has 0 spiro atoms. The highest BCUT2D eigenvalue weighted by Crippen LogP contribution is 2.33. The number of aromatic nitrogens is 2. The minimum atomic E-state index is -0.362. The number of hydrogen-bond donors (Lipinski definition) is 2. The van der Waals surface area contributed by atoms with Crippen molar-refractivity contribution in [2.75, 3.05) is 14.1 Å². The Kier molecular flexibility index (Phi) is 4.15. The van der Waals surface area contributed by atoms with Crippen LogP contribution >= 0.6 is 11.6 Å². The Morgan fingerprint density at radius 2 is 2.00 bits per heavy atom. The fourth-order valence-electron chi connectivity index (χ4n) is 2.44. The topological polar surface area (TPSA) is 69.2 Å². The summed E-state index contributed by atoms with van der Waals surface area (Å²) < 4.78 is 13.0. The van der Waals surface area contributed by atoms with Gasteiger partial charge in [0.15, 0.2) is 5.75 Å². The first-order valence-electron chi connectivity index (χ1n) is 7.23. The van der Waals surface area contributed by atoms with Crippen molar-refractivity contribution in [3.63, 3.8) is 0 Å². The van der Waals surface area contributed by atoms with Gasteiger partial charge in [0.2, 0.25) is 0 Å². The van der Waals surface area contributed by atoms with E-state index in [1.165, 1.54) is 23.1 Å². The second-order valence-electron chi connectivity index (χ2n) is 5.66. The van der Waals surface area contributed by atoms with Crippen LogP contribution in [0.3, 0.4) is 0 Å². The quantitative estimate of drug-likeness (QED) is 0.763. The van der Waals surface area contributed by atoms with Crippen LogP contribution in [0.4, 0.5) is 4.39 Å². The van der Waals surface area contributed by atoms with Gasteiger partial charge in [0.05, 0.1) is 16.1 Å². The molecule has 0 unspecified atom stereocenters. The third-order valence-electron chi connectivity index (χ3n) is 3.66. The van der Waals surface area contributed by atoms with E-state index >= 15 is 0 Å². The molecular formula is C17H15ClFN3O2. The number of aromatic amines is 1. The molecule has 0 aliphatic heterocycles. The largest absolute Gasteiger partial charge is 0.505 e. The number of phenols is 1. The number of fused-ring (bicyclic) bond motifs is 1. The van der Waals surface area contributed by atoms with Crippen LogP contribution in [-0.2, 0) is 6.42 Å². The number of aromatic hydroxyl groups is 1. The number of imidazole rings is 1. The molecule has 1 heterocycles. The molecule has 2 aromatic carbocycles. The van der Waals surface area contributed by atoms with Gasteiger partial charge in [0, 0.05) is 20.5 Å². The molecule has 1 amide bonds. The Labute approximate surface area is 142 Å². The Balaban J connectivity index is 2.04. The standard InChI is InChI=1S/C17H15ClFN3O2/c1-22(2)17(24)11-8-12(18)14-15(16(11)23)21-13(20-14)7-9-3-5-10(19)6-4-9/h3-6,8,23H,7H2,1-2H3,(H,20,21). The van der Waals surface area contributed by atoms with E-state index in [-0.39, 0.29) is 28.6 Å². The average molecular weight is 348 g/mol. The molecule has 0 aliphatic carbocycles. The van der Waals surface area contributed by atoms with Crippen molar-refractivity contribution in [1.29, 1.82) is 0 Å². The normalized spacial score (nSPS) is 11.0. The molecule has 0 fully saturated rings. The second kappa shape index (κ2) is 6.13. The van der Waals surface area contributed by atoms with Crippen LogP contribution in [0.25, 0.3) is 11.0 Å². The third kappa shape index (κ3) is 2.92. The van der Waals surface area contributed by atoms with Crippen LogP contribution in [0.2, 0.25) is 5.02 Å². The lowest BCUT2D eigenvalue weighted by molar-refractivity contribution is 0.0825. The molecule has 24 heavy (non-hydrogen) atoms. The summed E-state index contributed by atoms with van der Waals surface area (Å²) in [6, 6.07) is 7.48. The van der Waals surface area contributed by atoms with Crippen molar-refractivity contribution in [1.82, 2.24) is 14.9 Å². The van der Waals surface area contributed by atoms with Crippen LogP contribution in [-0.4, -0.2) is 40.0 Å². The summed E-state index contributed by atoms with van der Waals surface area (Å²) in [7, 11) is 3.18. The number of nitrogens with one attached hydrogen (secondary N) is 1. The first kappa shape index (κ1) is 16.3. The van der Waals surface area contributed by atoms with Crippen molar-refractivity contribution in [2.24, 2.45) is 0 Å². The molecular weight excluding hydrogens is 333 g/mol. The maximum atomic E-state index is 13.0. The SMILES string of the molecule is CN(C)C(=O)c1cc(Cl)c2[nH]c(Cc3ccc(F)cc3)nc2c1O. The summed E-state index contributed by atoms with van der Waals surface area (Å²) in [5.41, 5.74) is 1.65. The molecule has 7 heteroatoms. The van der Waals surface area contributed by atoms with Crippen molar-refractivity contribution >= 4 is 28.5 Å². The molecule has 0 bridgehead atoms. The Hall–Kier alpha value is -2.60. The minimum absolute atomic E-state index is 0.0948. The van der Waals surface area contributed by atoms with Gasteiger partial charge in [-0.25, -0.2) is 9.37 Å². The monoisotopic (exact) mass is 347 g/mol. The van der Waals surface area contributed by atoms with E-state index in [9.17, 15) is 14.3 Å². The predicted octanol–water partition coefficient (Wildman–Crippen LogP) is 3.35. The lowest BCUT2D eigenvalue weighted by Crippen LogP contribution is -2.21. The van der Waals surface area contributed by atoms with E-state index in [0.29, 0.717) is 22.8 Å². The third-order valence-corrected chi connectivity index (χ3v) is 3.96. The number of halogens is 2. The van der Waals surface area contributed by atoms with E-state index in [2.05, 4.69) is 9.97 Å². The van der Waals surface area contributed by atoms with Crippen molar-refractivity contribution < 1.29 is 14.3 Å². The van der Waals surface area contributed by atoms with Gasteiger partial charge in [0.1, 0.15) is 17.2 Å². The van der Waals surface area contributed by atoms with E-state index in [4.69, 9.17) is 11.6 Å². The van der Waals surface area contributed by atoms with Gasteiger partial charge >= 0.3 is 0 Å². The molecule has 0 atom stereocenters. The van der Waals surface area contributed by atoms with Gasteiger partial charge in [-0.2, -0.15) is 0 Å². The number of carbonyl (C=O) groups is 1. The molecule has 5 nitrogen and oxygen atoms in total. The van der Waals surface area contributed by atoms with Gasteiger partial charge < -0.3 is 15.0 Å². The zero-order valence-corrected chi connectivity index (χ0v) is 13.9. The van der Waals surface area contributed by atoms with E-state index in [1.807, 2.05) is 0 Å². The first-order valence-corrected chi connectivity index (χ1v) is 7.60. The highest BCUT2D eigenvalue weighted by molar-refractivity contribution is 6.35. The van der Waals surface area contributed by atoms with E-state index < -0.39 is 0 Å². The molecule has 0 saturated heterocycles. The maximum absolute atomic E-state index is 13.0. The zero-order chi connectivity index (χ0) is 17.4. The summed E-state index contributed by atoms with van der Waals surface area (Å²) in [4.78, 5) is 20.9. The Morgan fingerprint density at radius 3 is 2.62 bits per heavy atom. The number of phenolic OH excluding ortho intramolecular Hbond substituents is 1. The Morgan fingerprint density at radius 1 is 1.33 bits per heavy atom. The lowest BCUT2D eigenvalue weighted by atomic mass is 10.1. The number of carbonyl (C=O) groups excluding carboxylic acids is 1. The van der Waals surface area contributed by atoms with Gasteiger partial charge in [-0.15, -0.1) is 0 Å². The molecule has 0 aliphatic rings. The highest BCUT2D eigenvalue weighted by Gasteiger charge is 2.20. The number of rotatable bonds is 3. The van der Waals surface area contributed by atoms with Gasteiger partial charge in [-0.05, 0) is 23.8 Å². The van der Waals surface area contributed by atoms with Crippen LogP contribution in [0.5, 0.6) is 5.75 Å². The van der Waals surface area contributed by atoms with Crippen LogP contribution in [0, 0.1) is 5.82 Å². The van der Waals surface area contributed by atoms with E-state index in [0.717, 1.165) is 5.56 Å². The van der Waals surface area contributed by atoms with Crippen molar-refractivity contribution in [3.05, 3.63) is 58.1 Å². The maximum Gasteiger partial charge on any atom is 0.257 e. The van der Waals surface area contributed by atoms with Gasteiger partial charge in [-0.3, -0.25) is 4.79 Å². The summed E-state index contributed by atoms with van der Waals surface area (Å²) in [6.45, 7) is 0. The van der Waals surface area contributed by atoms with E-state index in [1.54, 1.807) is 26.2 Å². The molecule has 124 valence electrons. The van der Waals surface area contributed by atoms with Gasteiger partial charge in [0.25, 0.3) is 5.91 Å². The summed E-state index contributed by atoms with van der Waals surface area (Å²) in [5.74, 6) is -0.326. The molecule has 3 aromatic rings. The fraction of sp³-hybridized carbons (Fsp3) is 0.176. The second-order valence-corrected chi connectivity index (χ2v) is 6.07. The number of H-pyrrole nitrogens is 1. The van der Waals surface area contributed by atoms with Crippen LogP contribution < -0.4 is 0 Å². The molecule has 1 aromatic heterocycles. The highest BCUT2D eigenvalue weighted by atomic mass is 35.5. The number of benzene rings is 2. The van der Waals surface area contributed by atoms with Crippen molar-refractivity contribution in [3.8, 4) is 5.75 Å². The fourth-order valence-corrected chi connectivity index (χ4v) is 2.69. The first-order chi connectivity index (χ1) is 11.4. The number of amides is 1. The summed E-state index contributed by atoms with van der Waals surface area (Å²) >= 11 is 6.22. The Bertz CT molecular complexity index is 920. The smallest absolute Gasteiger partial charge is 0.257 e. The molecule has 0 radical (unpaired) electrons. The van der Waals surface area contributed by atoms with Crippen LogP contribution in [0.1, 0.15) is 21.7 Å². The molecule has 2 N–H and O–H groups in total. The molecule has 3 rings (SSSR count). The zero-order valence-electron chi connectivity index (χ0n) is 13.1. The summed E-state index contributed by atoms with van der Waals surface area (Å²) in [5, 5.41) is 10.7. The predicted molar refractivity (Wildman–Crippen MR) is 90.0 cm³/mol. The van der Waals surface area contributed by atoms with Gasteiger partial charge in [-0.1, -0.05) is 23.7 Å². The average Bonchev–Trinajstić information content (AvgIpc) is 2.97. The molecule has 0 saturated carbocycles. The number of hydrogen-bond acceptors (Lipinski definition) is 3. The lowest BCUT2D eigenvalue weighted by Gasteiger charge is -2.12. The van der Waals surface area contributed by atoms with Crippen molar-refractivity contribution in [2.45, 2.75) is 6.42 Å². The summed E-state index contributed by atoms with van der Waals surface area (Å²) in [6.07, 6.45) is 0.418. The minimum Gasteiger partial charge on any atom is -0.505 e. The number of nitrogens with zero attached hydrogens (tertiary/aromatic N) is 2.